The molecule has 3 aromatic rings. The van der Waals surface area contributed by atoms with E-state index < -0.39 is 5.97 Å². The number of benzene rings is 3. The van der Waals surface area contributed by atoms with Crippen LogP contribution in [-0.2, 0) is 11.2 Å². The maximum absolute atomic E-state index is 11.1. The number of aliphatic carboxylic acids is 1. The minimum Gasteiger partial charge on any atom is -0.494 e. The lowest BCUT2D eigenvalue weighted by atomic mass is 9.96. The van der Waals surface area contributed by atoms with E-state index in [0.717, 1.165) is 29.7 Å². The summed E-state index contributed by atoms with van der Waals surface area (Å²) >= 11 is 0. The zero-order valence-corrected chi connectivity index (χ0v) is 19.5. The fourth-order valence-corrected chi connectivity index (χ4v) is 4.38. The van der Waals surface area contributed by atoms with Crippen molar-refractivity contribution in [3.63, 3.8) is 0 Å². The van der Waals surface area contributed by atoms with Gasteiger partial charge in [-0.05, 0) is 84.3 Å². The van der Waals surface area contributed by atoms with Gasteiger partial charge in [-0.1, -0.05) is 48.4 Å². The van der Waals surface area contributed by atoms with Crippen LogP contribution in [0, 0.1) is 11.8 Å². The molecule has 0 bridgehead atoms. The quantitative estimate of drug-likeness (QED) is 0.305. The van der Waals surface area contributed by atoms with Crippen molar-refractivity contribution >= 4 is 11.5 Å². The first-order chi connectivity index (χ1) is 16.6. The van der Waals surface area contributed by atoms with Gasteiger partial charge < -0.3 is 14.6 Å². The largest absolute Gasteiger partial charge is 0.494 e. The summed E-state index contributed by atoms with van der Waals surface area (Å²) in [5.74, 6) is 6.21. The molecule has 0 saturated heterocycles. The highest BCUT2D eigenvalue weighted by atomic mass is 16.5. The van der Waals surface area contributed by atoms with Gasteiger partial charge in [0.15, 0.2) is 0 Å². The third-order valence-electron chi connectivity index (χ3n) is 5.94. The number of carboxylic acids is 1. The van der Waals surface area contributed by atoms with E-state index in [4.69, 9.17) is 14.6 Å². The summed E-state index contributed by atoms with van der Waals surface area (Å²) in [7, 11) is 0. The molecule has 1 aliphatic rings. The van der Waals surface area contributed by atoms with Crippen LogP contribution in [0.4, 0.5) is 0 Å². The van der Waals surface area contributed by atoms with E-state index in [0.29, 0.717) is 12.4 Å². The fraction of sp³-hybridized carbons (Fsp3) is 0.233. The highest BCUT2D eigenvalue weighted by molar-refractivity contribution is 5.81. The number of carboxylic acid groups (broad SMARTS) is 1. The highest BCUT2D eigenvalue weighted by Gasteiger charge is 2.20. The van der Waals surface area contributed by atoms with Crippen LogP contribution < -0.4 is 9.47 Å². The monoisotopic (exact) mass is 452 g/mol. The summed E-state index contributed by atoms with van der Waals surface area (Å²) in [6, 6.07) is 22.1. The number of hydrogen-bond acceptors (Lipinski definition) is 3. The first-order valence-electron chi connectivity index (χ1n) is 11.5. The molecule has 0 aliphatic heterocycles. The molecule has 0 aromatic heterocycles. The predicted molar refractivity (Wildman–Crippen MR) is 135 cm³/mol. The number of rotatable bonds is 8. The Hall–Kier alpha value is -3.97. The molecule has 1 aliphatic carbocycles. The third-order valence-corrected chi connectivity index (χ3v) is 5.94. The molecule has 1 N–H and O–H groups in total. The second-order valence-corrected chi connectivity index (χ2v) is 8.17. The van der Waals surface area contributed by atoms with Gasteiger partial charge in [0.25, 0.3) is 0 Å². The summed E-state index contributed by atoms with van der Waals surface area (Å²) in [5.41, 5.74) is 6.98. The highest BCUT2D eigenvalue weighted by Crippen LogP contribution is 2.39. The van der Waals surface area contributed by atoms with Crippen LogP contribution in [0.3, 0.4) is 0 Å². The molecule has 1 atom stereocenters. The Morgan fingerprint density at radius 1 is 1.03 bits per heavy atom. The Morgan fingerprint density at radius 2 is 1.79 bits per heavy atom. The lowest BCUT2D eigenvalue weighted by Gasteiger charge is -2.11. The molecular weight excluding hydrogens is 424 g/mol. The SMILES string of the molecule is CC#C[C@@H](CC(=O)O)c1ccc(O/C=C2/CCc3c2cccc3-c2cccc(OCC)c2)cc1. The van der Waals surface area contributed by atoms with Gasteiger partial charge in [-0.3, -0.25) is 4.79 Å². The Kier molecular flexibility index (Phi) is 7.34. The van der Waals surface area contributed by atoms with Gasteiger partial charge in [0.1, 0.15) is 11.5 Å². The number of allylic oxidation sites excluding steroid dienone is 1. The van der Waals surface area contributed by atoms with Crippen LogP contribution in [0.1, 0.15) is 49.3 Å². The fourth-order valence-electron chi connectivity index (χ4n) is 4.38. The van der Waals surface area contributed by atoms with Crippen molar-refractivity contribution in [1.82, 2.24) is 0 Å². The van der Waals surface area contributed by atoms with Gasteiger partial charge in [0, 0.05) is 0 Å². The van der Waals surface area contributed by atoms with Crippen LogP contribution in [0.15, 0.2) is 73.0 Å². The standard InChI is InChI=1S/C30H28O4/c1-3-7-22(19-30(31)32)21-12-15-25(16-13-21)34-20-24-14-17-29-27(10-6-11-28(24)29)23-8-5-9-26(18-23)33-4-2/h5-6,8-13,15-16,18,20,22H,4,14,17,19H2,1-2H3,(H,31,32)/b24-20-/t22-/m0/s1. The summed E-state index contributed by atoms with van der Waals surface area (Å²) < 4.78 is 11.7. The normalized spacial score (nSPS) is 14.1. The summed E-state index contributed by atoms with van der Waals surface area (Å²) in [4.78, 5) is 11.1. The average molecular weight is 453 g/mol. The summed E-state index contributed by atoms with van der Waals surface area (Å²) in [6.45, 7) is 4.36. The molecule has 4 rings (SSSR count). The van der Waals surface area contributed by atoms with Crippen LogP contribution >= 0.6 is 0 Å². The van der Waals surface area contributed by atoms with Crippen LogP contribution in [0.2, 0.25) is 0 Å². The zero-order chi connectivity index (χ0) is 23.9. The van der Waals surface area contributed by atoms with E-state index >= 15 is 0 Å². The molecule has 0 unspecified atom stereocenters. The van der Waals surface area contributed by atoms with Gasteiger partial charge in [-0.15, -0.1) is 5.92 Å². The average Bonchev–Trinajstić information content (AvgIpc) is 3.26. The van der Waals surface area contributed by atoms with Gasteiger partial charge in [-0.25, -0.2) is 0 Å². The Bertz CT molecular complexity index is 1260. The molecule has 3 aromatic carbocycles. The molecule has 0 heterocycles. The van der Waals surface area contributed by atoms with E-state index in [1.807, 2.05) is 49.6 Å². The maximum atomic E-state index is 11.1. The van der Waals surface area contributed by atoms with Crippen LogP contribution in [0.5, 0.6) is 11.5 Å². The summed E-state index contributed by atoms with van der Waals surface area (Å²) in [5, 5.41) is 9.14. The maximum Gasteiger partial charge on any atom is 0.304 e. The Labute approximate surface area is 200 Å². The van der Waals surface area contributed by atoms with Crippen molar-refractivity contribution in [2.45, 2.75) is 39.0 Å². The molecule has 172 valence electrons. The molecule has 0 radical (unpaired) electrons. The van der Waals surface area contributed by atoms with Crippen molar-refractivity contribution in [1.29, 1.82) is 0 Å². The van der Waals surface area contributed by atoms with Crippen LogP contribution in [-0.4, -0.2) is 17.7 Å². The second kappa shape index (κ2) is 10.8. The van der Waals surface area contributed by atoms with Gasteiger partial charge in [0.05, 0.1) is 25.2 Å². The zero-order valence-electron chi connectivity index (χ0n) is 19.5. The van der Waals surface area contributed by atoms with E-state index in [9.17, 15) is 4.79 Å². The van der Waals surface area contributed by atoms with Gasteiger partial charge in [-0.2, -0.15) is 0 Å². The van der Waals surface area contributed by atoms with E-state index in [-0.39, 0.29) is 12.3 Å². The minimum absolute atomic E-state index is 0.0162. The Morgan fingerprint density at radius 3 is 2.53 bits per heavy atom. The van der Waals surface area contributed by atoms with Crippen molar-refractivity contribution in [3.05, 3.63) is 89.7 Å². The van der Waals surface area contributed by atoms with Crippen molar-refractivity contribution in [2.75, 3.05) is 6.61 Å². The topological polar surface area (TPSA) is 55.8 Å². The Balaban J connectivity index is 1.53. The first kappa shape index (κ1) is 23.2. The molecule has 0 spiro atoms. The lowest BCUT2D eigenvalue weighted by molar-refractivity contribution is -0.137. The third kappa shape index (κ3) is 5.32. The number of hydrogen-bond donors (Lipinski definition) is 1. The summed E-state index contributed by atoms with van der Waals surface area (Å²) in [6.07, 6.45) is 3.70. The van der Waals surface area contributed by atoms with Gasteiger partial charge >= 0.3 is 5.97 Å². The van der Waals surface area contributed by atoms with E-state index in [2.05, 4.69) is 42.2 Å². The number of fused-ring (bicyclic) bond motifs is 1. The molecule has 34 heavy (non-hydrogen) atoms. The molecule has 4 heteroatoms. The van der Waals surface area contributed by atoms with Crippen LogP contribution in [0.25, 0.3) is 16.7 Å². The smallest absolute Gasteiger partial charge is 0.304 e. The minimum atomic E-state index is -0.860. The molecule has 0 amide bonds. The van der Waals surface area contributed by atoms with Crippen molar-refractivity contribution in [2.24, 2.45) is 0 Å². The van der Waals surface area contributed by atoms with Gasteiger partial charge in [0.2, 0.25) is 0 Å². The second-order valence-electron chi connectivity index (χ2n) is 8.17. The van der Waals surface area contributed by atoms with Crippen molar-refractivity contribution < 1.29 is 19.4 Å². The molecule has 4 nitrogen and oxygen atoms in total. The number of ether oxygens (including phenoxy) is 2. The predicted octanol–water partition coefficient (Wildman–Crippen LogP) is 6.70. The number of carbonyl (C=O) groups is 1. The molecule has 0 saturated carbocycles. The van der Waals surface area contributed by atoms with E-state index in [1.54, 1.807) is 6.92 Å². The van der Waals surface area contributed by atoms with E-state index in [1.165, 1.54) is 22.3 Å². The first-order valence-corrected chi connectivity index (χ1v) is 11.5. The molecule has 0 fully saturated rings. The van der Waals surface area contributed by atoms with Crippen molar-refractivity contribution in [3.8, 4) is 34.5 Å². The molecular formula is C30H28O4. The lowest BCUT2D eigenvalue weighted by Crippen LogP contribution is -2.04.